The minimum atomic E-state index is -1.96. The Morgan fingerprint density at radius 1 is 0.654 bits per heavy atom. The molecule has 52 heavy (non-hydrogen) atoms. The number of esters is 1. The summed E-state index contributed by atoms with van der Waals surface area (Å²) in [5.74, 6) is 0.288. The molecule has 2 saturated carbocycles. The second-order valence-corrected chi connectivity index (χ2v) is 28.1. The molecule has 0 saturated heterocycles. The third kappa shape index (κ3) is 14.4. The molecule has 10 radical (unpaired) electrons. The average molecular weight is 797 g/mol. The molecule has 0 heterocycles. The van der Waals surface area contributed by atoms with Crippen LogP contribution < -0.4 is 10.6 Å². The molecule has 0 aromatic heterocycles. The molecule has 282 valence electrons. The number of hydrogen-bond acceptors (Lipinski definition) is 4. The second-order valence-electron chi connectivity index (χ2n) is 16.3. The number of hydrogen-bond donors (Lipinski definition) is 0. The van der Waals surface area contributed by atoms with E-state index in [9.17, 15) is 4.79 Å². The molecule has 0 bridgehead atoms. The van der Waals surface area contributed by atoms with Gasteiger partial charge < -0.3 is 13.6 Å². The minimum Gasteiger partial charge on any atom is -0.461 e. The smallest absolute Gasteiger partial charge is 0.314 e. The van der Waals surface area contributed by atoms with E-state index in [4.69, 9.17) is 13.6 Å². The van der Waals surface area contributed by atoms with Crippen LogP contribution in [-0.4, -0.2) is 41.9 Å². The Bertz CT molecular complexity index is 1290. The molecule has 0 unspecified atom stereocenters. The number of ether oxygens (including phenoxy) is 1. The maximum absolute atomic E-state index is 14.0. The van der Waals surface area contributed by atoms with Gasteiger partial charge in [0.2, 0.25) is 0 Å². The zero-order chi connectivity index (χ0) is 37.9. The molecular weight excluding hydrogens is 735 g/mol. The maximum atomic E-state index is 14.0. The zero-order valence-corrected chi connectivity index (χ0v) is 37.1. The summed E-state index contributed by atoms with van der Waals surface area (Å²) in [7, 11) is -4.87. The van der Waals surface area contributed by atoms with E-state index < -0.39 is 30.7 Å². The summed E-state index contributed by atoms with van der Waals surface area (Å²) in [5.41, 5.74) is 2.83. The van der Waals surface area contributed by atoms with Gasteiger partial charge in [-0.3, -0.25) is 4.79 Å². The fraction of sp³-hybridized carbons (Fsp3) is 0.386. The van der Waals surface area contributed by atoms with Crippen LogP contribution >= 0.6 is 7.92 Å². The van der Waals surface area contributed by atoms with Crippen LogP contribution in [0.4, 0.5) is 0 Å². The molecule has 0 amide bonds. The normalized spacial score (nSPS) is 16.0. The molecule has 4 nitrogen and oxygen atoms in total. The molecule has 2 aliphatic rings. The number of carbonyl (C=O) groups is 1. The Hall–Kier alpha value is -1.31. The van der Waals surface area contributed by atoms with Crippen molar-refractivity contribution < 1.29 is 35.5 Å². The summed E-state index contributed by atoms with van der Waals surface area (Å²) in [6.07, 6.45) is 16.5. The van der Waals surface area contributed by atoms with E-state index in [1.807, 2.05) is 57.1 Å². The van der Waals surface area contributed by atoms with E-state index >= 15 is 0 Å². The van der Waals surface area contributed by atoms with Gasteiger partial charge in [0.15, 0.2) is 16.6 Å². The predicted molar refractivity (Wildman–Crippen MR) is 224 cm³/mol. The molecule has 2 aromatic carbocycles. The van der Waals surface area contributed by atoms with E-state index in [2.05, 4.69) is 136 Å². The van der Waals surface area contributed by atoms with Crippen LogP contribution in [0.3, 0.4) is 0 Å². The quantitative estimate of drug-likeness (QED) is 0.0779. The van der Waals surface area contributed by atoms with Gasteiger partial charge in [-0.25, -0.2) is 0 Å². The first-order chi connectivity index (χ1) is 23.8. The Morgan fingerprint density at radius 2 is 1.04 bits per heavy atom. The van der Waals surface area contributed by atoms with E-state index in [-0.39, 0.29) is 33.1 Å². The predicted octanol–water partition coefficient (Wildman–Crippen LogP) is 10.7. The molecule has 0 N–H and O–H groups in total. The van der Waals surface area contributed by atoms with E-state index in [0.717, 1.165) is 16.8 Å². The van der Waals surface area contributed by atoms with Crippen molar-refractivity contribution in [3.63, 3.8) is 0 Å². The molecule has 2 aromatic rings. The summed E-state index contributed by atoms with van der Waals surface area (Å²) < 4.78 is 19.3. The third-order valence-corrected chi connectivity index (χ3v) is 21.5. The summed E-state index contributed by atoms with van der Waals surface area (Å²) in [4.78, 5) is 14.0. The standard InChI is InChI=1S/C39H56O4PSi2.C5H5.Fe/c1-30(28-41-45(9,10)38(3,4)5)26-32(27-31(2)29-42-46(11,12)39(6,7)8)43-37(40)35-24-19-25-36(35)44(33-20-15-13-16-21-33)34-22-17-14-18-23-34;1-2-4-5-3-1;/h13-25,32H,1-2,26-29H2,3-12H3;1-5H;. The topological polar surface area (TPSA) is 44.8 Å². The zero-order valence-electron chi connectivity index (χ0n) is 33.1. The number of benzene rings is 2. The third-order valence-electron chi connectivity index (χ3n) is 10.0. The second kappa shape index (κ2) is 21.1. The van der Waals surface area contributed by atoms with Crippen molar-refractivity contribution in [2.45, 2.75) is 96.8 Å². The monoisotopic (exact) mass is 796 g/mol. The first-order valence-electron chi connectivity index (χ1n) is 18.0. The van der Waals surface area contributed by atoms with Gasteiger partial charge in [-0.15, -0.1) is 0 Å². The Labute approximate surface area is 332 Å². The van der Waals surface area contributed by atoms with Crippen LogP contribution in [0.2, 0.25) is 36.3 Å². The van der Waals surface area contributed by atoms with E-state index in [1.54, 1.807) is 0 Å². The van der Waals surface area contributed by atoms with Crippen LogP contribution in [0.5, 0.6) is 0 Å². The first-order valence-corrected chi connectivity index (χ1v) is 25.1. The number of rotatable bonds is 15. The van der Waals surface area contributed by atoms with Gasteiger partial charge in [-0.05, 0) is 117 Å². The fourth-order valence-corrected chi connectivity index (χ4v) is 9.24. The maximum Gasteiger partial charge on any atom is 0.314 e. The van der Waals surface area contributed by atoms with Gasteiger partial charge in [-0.1, -0.05) is 115 Å². The van der Waals surface area contributed by atoms with Gasteiger partial charge in [0.05, 0.1) is 13.2 Å². The molecule has 0 aliphatic heterocycles. The SMILES string of the molecule is C=C(CO[Si](C)(C)C(C)(C)C)CC(CC(=C)CO[Si](C)(C)C(C)(C)C)OC(=O)[C]1[CH][CH][CH][C]1P(c1ccccc1)c1ccccc1.[CH]1[CH][CH][CH][CH]1.[Fe]. The van der Waals surface area contributed by atoms with Gasteiger partial charge in [0.1, 0.15) is 12.0 Å². The summed E-state index contributed by atoms with van der Waals surface area (Å²) in [5, 5.41) is 2.57. The van der Waals surface area contributed by atoms with Crippen molar-refractivity contribution in [2.24, 2.45) is 0 Å². The van der Waals surface area contributed by atoms with Crippen LogP contribution in [-0.2, 0) is 35.5 Å². The van der Waals surface area contributed by atoms with Crippen LogP contribution in [0, 0.1) is 62.9 Å². The molecule has 8 heteroatoms. The molecule has 2 aliphatic carbocycles. The molecule has 0 atom stereocenters. The van der Waals surface area contributed by atoms with Gasteiger partial charge in [0.25, 0.3) is 0 Å². The van der Waals surface area contributed by atoms with Crippen molar-refractivity contribution in [2.75, 3.05) is 13.2 Å². The van der Waals surface area contributed by atoms with E-state index in [0.29, 0.717) is 32.0 Å². The van der Waals surface area contributed by atoms with Gasteiger partial charge in [-0.2, -0.15) is 0 Å². The first kappa shape index (κ1) is 46.8. The average Bonchev–Trinajstić information content (AvgIpc) is 3.80. The van der Waals surface area contributed by atoms with Crippen molar-refractivity contribution >= 4 is 41.1 Å². The molecule has 4 rings (SSSR count). The summed E-state index contributed by atoms with van der Waals surface area (Å²) in [6, 6.07) is 20.8. The van der Waals surface area contributed by atoms with Gasteiger partial charge in [0, 0.05) is 35.6 Å². The molecule has 2 fully saturated rings. The summed E-state index contributed by atoms with van der Waals surface area (Å²) in [6.45, 7) is 32.0. The Morgan fingerprint density at radius 3 is 1.40 bits per heavy atom. The van der Waals surface area contributed by atoms with Crippen molar-refractivity contribution in [3.05, 3.63) is 148 Å². The fourth-order valence-electron chi connectivity index (χ4n) is 4.81. The number of carbonyl (C=O) groups excluding carboxylic acids is 1. The van der Waals surface area contributed by atoms with Crippen LogP contribution in [0.15, 0.2) is 85.0 Å². The van der Waals surface area contributed by atoms with Crippen molar-refractivity contribution in [1.29, 1.82) is 0 Å². The van der Waals surface area contributed by atoms with Crippen LogP contribution in [0.1, 0.15) is 54.4 Å². The van der Waals surface area contributed by atoms with Crippen LogP contribution in [0.25, 0.3) is 0 Å². The Balaban J connectivity index is 0.00000143. The van der Waals surface area contributed by atoms with E-state index in [1.165, 1.54) is 10.6 Å². The summed E-state index contributed by atoms with van der Waals surface area (Å²) >= 11 is 0. The largest absolute Gasteiger partial charge is 0.461 e. The Kier molecular flexibility index (Phi) is 19.0. The molecule has 0 spiro atoms. The van der Waals surface area contributed by atoms with Gasteiger partial charge >= 0.3 is 5.97 Å². The minimum absolute atomic E-state index is 0. The molecular formula is C44H61FeO4PSi2. The van der Waals surface area contributed by atoms with Crippen molar-refractivity contribution in [3.8, 4) is 0 Å². The van der Waals surface area contributed by atoms with Crippen molar-refractivity contribution in [1.82, 2.24) is 0 Å².